The molecule has 144 valence electrons. The summed E-state index contributed by atoms with van der Waals surface area (Å²) < 4.78 is 18.4. The molecular weight excluding hydrogens is 383 g/mol. The van der Waals surface area contributed by atoms with Crippen molar-refractivity contribution in [2.75, 3.05) is 25.1 Å². The lowest BCUT2D eigenvalue weighted by Crippen LogP contribution is -2.29. The lowest BCUT2D eigenvalue weighted by atomic mass is 10.2. The van der Waals surface area contributed by atoms with E-state index in [4.69, 9.17) is 13.8 Å². The monoisotopic (exact) mass is 407 g/mol. The summed E-state index contributed by atoms with van der Waals surface area (Å²) in [4.78, 5) is 16.9. The number of nitrogens with one attached hydrogen (secondary N) is 1. The summed E-state index contributed by atoms with van der Waals surface area (Å²) in [6.45, 7) is 2.21. The average Bonchev–Trinajstić information content (AvgIpc) is 3.16. The minimum atomic E-state index is -2.16. The largest absolute Gasteiger partial charge is 0.339 e. The fourth-order valence-electron chi connectivity index (χ4n) is 3.35. The average molecular weight is 407 g/mol. The topological polar surface area (TPSA) is 69.7 Å². The molecule has 2 aromatic rings. The van der Waals surface area contributed by atoms with Crippen LogP contribution in [0, 0.1) is 0 Å². The highest BCUT2D eigenvalue weighted by Crippen LogP contribution is 2.70. The molecule has 0 radical (unpaired) electrons. The van der Waals surface area contributed by atoms with Crippen LogP contribution in [-0.4, -0.2) is 36.6 Å². The Morgan fingerprint density at radius 3 is 2.70 bits per heavy atom. The molecule has 27 heavy (non-hydrogen) atoms. The fraction of sp³-hybridized carbons (Fsp3) is 0.474. The van der Waals surface area contributed by atoms with Crippen LogP contribution in [0.2, 0.25) is 0 Å². The van der Waals surface area contributed by atoms with Gasteiger partial charge in [-0.15, -0.1) is 11.3 Å². The van der Waals surface area contributed by atoms with Gasteiger partial charge in [0.25, 0.3) is 5.91 Å². The van der Waals surface area contributed by atoms with Crippen LogP contribution < -0.4 is 5.32 Å². The molecule has 1 atom stereocenters. The second kappa shape index (κ2) is 8.76. The molecule has 8 heteroatoms. The van der Waals surface area contributed by atoms with Crippen molar-refractivity contribution >= 4 is 30.1 Å². The minimum Gasteiger partial charge on any atom is -0.339 e. The van der Waals surface area contributed by atoms with Crippen molar-refractivity contribution in [1.82, 2.24) is 4.98 Å². The number of aromatic nitrogens is 1. The number of benzene rings is 1. The Labute approximate surface area is 163 Å². The number of anilines is 1. The quantitative estimate of drug-likeness (QED) is 0.727. The number of rotatable bonds is 5. The Hall–Kier alpha value is -1.37. The van der Waals surface area contributed by atoms with E-state index in [1.54, 1.807) is 12.1 Å². The molecule has 3 heterocycles. The summed E-state index contributed by atoms with van der Waals surface area (Å²) >= 11 is 1.43. The molecule has 2 aliphatic heterocycles. The van der Waals surface area contributed by atoms with Gasteiger partial charge in [0.2, 0.25) is 5.85 Å². The van der Waals surface area contributed by atoms with Crippen LogP contribution in [0.1, 0.15) is 41.7 Å². The number of nitrogens with zero attached hydrogens (tertiary/aromatic N) is 1. The first-order chi connectivity index (χ1) is 13.3. The zero-order valence-electron chi connectivity index (χ0n) is 15.1. The van der Waals surface area contributed by atoms with Crippen molar-refractivity contribution in [2.24, 2.45) is 0 Å². The third kappa shape index (κ3) is 4.55. The first-order valence-electron chi connectivity index (χ1n) is 9.34. The Morgan fingerprint density at radius 2 is 1.96 bits per heavy atom. The van der Waals surface area contributed by atoms with E-state index >= 15 is 0 Å². The van der Waals surface area contributed by atoms with Gasteiger partial charge in [-0.3, -0.25) is 10.1 Å². The standard InChI is InChI=1S/C19H23N2O4PS/c22-18(15-7-2-1-3-8-15)21-19-20-16(14-27-19)13-26(24-11-6-12-25-26)17-9-4-5-10-23-17/h1-3,7-8,14,17H,4-6,9-13H2/p+1. The number of ether oxygens (including phenoxy) is 1. The maximum atomic E-state index is 12.3. The van der Waals surface area contributed by atoms with Crippen LogP contribution in [0.3, 0.4) is 0 Å². The molecule has 1 N–H and O–H groups in total. The molecular formula is C19H24N2O4PS+. The summed E-state index contributed by atoms with van der Waals surface area (Å²) in [5.41, 5.74) is 1.51. The van der Waals surface area contributed by atoms with Gasteiger partial charge < -0.3 is 4.74 Å². The number of hydrogen-bond donors (Lipinski definition) is 1. The zero-order chi connectivity index (χ0) is 18.5. The van der Waals surface area contributed by atoms with Gasteiger partial charge in [-0.1, -0.05) is 18.2 Å². The minimum absolute atomic E-state index is 0.0376. The van der Waals surface area contributed by atoms with Gasteiger partial charge in [-0.25, -0.2) is 14.0 Å². The maximum absolute atomic E-state index is 12.3. The SMILES string of the molecule is O=C(Nc1nc(C[P+]2(C3CCCCO3)OCCCO2)cs1)c1ccccc1. The summed E-state index contributed by atoms with van der Waals surface area (Å²) in [5, 5.41) is 5.45. The van der Waals surface area contributed by atoms with Crippen LogP contribution in [0.5, 0.6) is 0 Å². The van der Waals surface area contributed by atoms with E-state index in [9.17, 15) is 4.79 Å². The van der Waals surface area contributed by atoms with Gasteiger partial charge in [0.05, 0.1) is 25.5 Å². The molecule has 2 saturated heterocycles. The highest BCUT2D eigenvalue weighted by atomic mass is 32.1. The van der Waals surface area contributed by atoms with E-state index in [-0.39, 0.29) is 11.8 Å². The molecule has 2 aliphatic rings. The van der Waals surface area contributed by atoms with Crippen molar-refractivity contribution in [2.45, 2.75) is 37.7 Å². The Kier molecular flexibility index (Phi) is 6.15. The molecule has 1 aromatic carbocycles. The molecule has 2 fully saturated rings. The van der Waals surface area contributed by atoms with Crippen LogP contribution in [0.4, 0.5) is 5.13 Å². The Bertz CT molecular complexity index is 758. The molecule has 0 spiro atoms. The first-order valence-corrected chi connectivity index (χ1v) is 12.1. The van der Waals surface area contributed by atoms with Crippen molar-refractivity contribution < 1.29 is 18.6 Å². The summed E-state index contributed by atoms with van der Waals surface area (Å²) in [6.07, 6.45) is 4.78. The molecule has 0 saturated carbocycles. The van der Waals surface area contributed by atoms with E-state index in [2.05, 4.69) is 10.3 Å². The molecule has 1 amide bonds. The van der Waals surface area contributed by atoms with Crippen LogP contribution in [0.25, 0.3) is 0 Å². The highest BCUT2D eigenvalue weighted by molar-refractivity contribution is 7.66. The highest BCUT2D eigenvalue weighted by Gasteiger charge is 2.54. The molecule has 0 bridgehead atoms. The molecule has 6 nitrogen and oxygen atoms in total. The predicted molar refractivity (Wildman–Crippen MR) is 107 cm³/mol. The third-order valence-electron chi connectivity index (χ3n) is 4.69. The molecule has 0 aliphatic carbocycles. The number of hydrogen-bond acceptors (Lipinski definition) is 6. The number of carbonyl (C=O) groups excluding carboxylic acids is 1. The second-order valence-electron chi connectivity index (χ2n) is 6.69. The maximum Gasteiger partial charge on any atom is 0.309 e. The molecule has 1 aromatic heterocycles. The fourth-order valence-corrected chi connectivity index (χ4v) is 7.37. The summed E-state index contributed by atoms with van der Waals surface area (Å²) in [5.74, 6) is -0.114. The van der Waals surface area contributed by atoms with Gasteiger partial charge in [0.15, 0.2) is 11.3 Å². The first kappa shape index (κ1) is 19.0. The zero-order valence-corrected chi connectivity index (χ0v) is 16.8. The molecule has 4 rings (SSSR count). The predicted octanol–water partition coefficient (Wildman–Crippen LogP) is 4.71. The second-order valence-corrected chi connectivity index (χ2v) is 10.4. The Morgan fingerprint density at radius 1 is 1.15 bits per heavy atom. The van der Waals surface area contributed by atoms with E-state index in [1.165, 1.54) is 11.3 Å². The smallest absolute Gasteiger partial charge is 0.309 e. The van der Waals surface area contributed by atoms with Gasteiger partial charge in [0.1, 0.15) is 0 Å². The van der Waals surface area contributed by atoms with Crippen molar-refractivity contribution in [3.63, 3.8) is 0 Å². The van der Waals surface area contributed by atoms with Crippen LogP contribution >= 0.6 is 19.1 Å². The lowest BCUT2D eigenvalue weighted by Gasteiger charge is -2.34. The van der Waals surface area contributed by atoms with E-state index < -0.39 is 7.72 Å². The van der Waals surface area contributed by atoms with Gasteiger partial charge in [0, 0.05) is 23.8 Å². The number of amides is 1. The number of carbonyl (C=O) groups is 1. The third-order valence-corrected chi connectivity index (χ3v) is 8.79. The van der Waals surface area contributed by atoms with Gasteiger partial charge in [-0.2, -0.15) is 0 Å². The van der Waals surface area contributed by atoms with Crippen molar-refractivity contribution in [3.8, 4) is 0 Å². The summed E-state index contributed by atoms with van der Waals surface area (Å²) in [6, 6.07) is 9.15. The lowest BCUT2D eigenvalue weighted by molar-refractivity contribution is 0.0330. The van der Waals surface area contributed by atoms with Crippen LogP contribution in [-0.2, 0) is 19.9 Å². The normalized spacial score (nSPS) is 22.3. The molecule has 1 unspecified atom stereocenters. The number of thiazole rings is 1. The Balaban J connectivity index is 1.45. The van der Waals surface area contributed by atoms with Gasteiger partial charge in [-0.05, 0) is 25.0 Å². The van der Waals surface area contributed by atoms with Crippen molar-refractivity contribution in [1.29, 1.82) is 0 Å². The van der Waals surface area contributed by atoms with Crippen LogP contribution in [0.15, 0.2) is 35.7 Å². The van der Waals surface area contributed by atoms with E-state index in [1.807, 2.05) is 23.6 Å². The van der Waals surface area contributed by atoms with E-state index in [0.29, 0.717) is 16.9 Å². The van der Waals surface area contributed by atoms with Crippen molar-refractivity contribution in [3.05, 3.63) is 47.0 Å². The van der Waals surface area contributed by atoms with Gasteiger partial charge >= 0.3 is 7.72 Å². The summed E-state index contributed by atoms with van der Waals surface area (Å²) in [7, 11) is -2.16. The van der Waals surface area contributed by atoms with E-state index in [0.717, 1.165) is 51.2 Å².